The van der Waals surface area contributed by atoms with Crippen molar-refractivity contribution >= 4 is 5.97 Å². The highest BCUT2D eigenvalue weighted by atomic mass is 16.5. The van der Waals surface area contributed by atoms with Crippen LogP contribution in [0.1, 0.15) is 110 Å². The maximum Gasteiger partial charge on any atom is 0.314 e. The van der Waals surface area contributed by atoms with Crippen molar-refractivity contribution in [2.24, 2.45) is 5.92 Å². The fourth-order valence-electron chi connectivity index (χ4n) is 10.4. The smallest absolute Gasteiger partial charge is 0.314 e. The Labute approximate surface area is 431 Å². The molecule has 0 aromatic heterocycles. The van der Waals surface area contributed by atoms with E-state index in [2.05, 4.69) is 146 Å². The van der Waals surface area contributed by atoms with Crippen molar-refractivity contribution in [2.45, 2.75) is 90.6 Å². The molecule has 0 saturated heterocycles. The maximum atomic E-state index is 13.0. The second-order valence-electron chi connectivity index (χ2n) is 20.7. The van der Waals surface area contributed by atoms with Gasteiger partial charge in [0.25, 0.3) is 0 Å². The number of hydrogen-bond acceptors (Lipinski definition) is 7. The van der Waals surface area contributed by atoms with Gasteiger partial charge in [0.15, 0.2) is 0 Å². The molecule has 372 valence electrons. The molecule has 0 fully saturated rings. The predicted molar refractivity (Wildman–Crippen MR) is 292 cm³/mol. The first kappa shape index (κ1) is 50.2. The number of phenolic OH excluding ortho intramolecular Hbond substituents is 2. The van der Waals surface area contributed by atoms with Crippen molar-refractivity contribution in [1.29, 1.82) is 0 Å². The minimum Gasteiger partial charge on any atom is -0.508 e. The Balaban J connectivity index is 0.860. The van der Waals surface area contributed by atoms with E-state index in [1.165, 1.54) is 27.8 Å². The van der Waals surface area contributed by atoms with Gasteiger partial charge in [-0.1, -0.05) is 156 Å². The number of aromatic hydroxyl groups is 2. The molecular weight excluding hydrogens is 905 g/mol. The zero-order valence-corrected chi connectivity index (χ0v) is 43.2. The number of carbonyl (C=O) groups excluding carboxylic acids is 1. The SMILES string of the molecule is Cc1cc(C2(c3ccc(OCCC(C)C(C)Oc4ccc(C(C)(C)c5ccc(O)cc5)cc4)c(C)c3)c3ccccc3-c3ccccc32)ccc1OCCC(=O)Oc1ccc(C(C)(C)c2ccc(O)cc2)cc1. The van der Waals surface area contributed by atoms with Gasteiger partial charge in [0.05, 0.1) is 31.2 Å². The Morgan fingerprint density at radius 2 is 0.932 bits per heavy atom. The van der Waals surface area contributed by atoms with Crippen molar-refractivity contribution in [1.82, 2.24) is 0 Å². The Bertz CT molecular complexity index is 3160. The van der Waals surface area contributed by atoms with Crippen LogP contribution in [0.25, 0.3) is 11.1 Å². The minimum atomic E-state index is -0.612. The number of rotatable bonds is 18. The van der Waals surface area contributed by atoms with Crippen LogP contribution < -0.4 is 18.9 Å². The highest BCUT2D eigenvalue weighted by molar-refractivity contribution is 5.86. The average Bonchev–Trinajstić information content (AvgIpc) is 3.69. The van der Waals surface area contributed by atoms with E-state index in [0.717, 1.165) is 56.9 Å². The number of phenols is 2. The first-order chi connectivity index (χ1) is 35.0. The minimum absolute atomic E-state index is 0.0193. The molecule has 2 unspecified atom stereocenters. The summed E-state index contributed by atoms with van der Waals surface area (Å²) in [6.07, 6.45) is 0.891. The van der Waals surface area contributed by atoms with Crippen LogP contribution in [0.4, 0.5) is 0 Å². The first-order valence-corrected chi connectivity index (χ1v) is 25.4. The van der Waals surface area contributed by atoms with Crippen LogP contribution in [0.15, 0.2) is 182 Å². The van der Waals surface area contributed by atoms with E-state index < -0.39 is 5.41 Å². The number of fused-ring (bicyclic) bond motifs is 3. The molecule has 2 atom stereocenters. The predicted octanol–water partition coefficient (Wildman–Crippen LogP) is 15.0. The molecular formula is C66H66O7. The number of carbonyl (C=O) groups is 1. The summed E-state index contributed by atoms with van der Waals surface area (Å²) >= 11 is 0. The van der Waals surface area contributed by atoms with Crippen molar-refractivity contribution in [3.63, 3.8) is 0 Å². The summed E-state index contributed by atoms with van der Waals surface area (Å²) in [6, 6.07) is 61.1. The van der Waals surface area contributed by atoms with Gasteiger partial charge in [-0.05, 0) is 161 Å². The molecule has 9 rings (SSSR count). The van der Waals surface area contributed by atoms with E-state index in [1.807, 2.05) is 66.7 Å². The molecule has 0 radical (unpaired) electrons. The fraction of sp³-hybridized carbons (Fsp3) is 0.258. The lowest BCUT2D eigenvalue weighted by molar-refractivity contribution is -0.134. The van der Waals surface area contributed by atoms with Gasteiger partial charge in [-0.15, -0.1) is 0 Å². The van der Waals surface area contributed by atoms with E-state index in [9.17, 15) is 15.0 Å². The topological polar surface area (TPSA) is 94.5 Å². The van der Waals surface area contributed by atoms with Gasteiger partial charge in [-0.3, -0.25) is 4.79 Å². The molecule has 0 amide bonds. The number of esters is 1. The summed E-state index contributed by atoms with van der Waals surface area (Å²) in [5, 5.41) is 19.5. The van der Waals surface area contributed by atoms with Gasteiger partial charge in [0, 0.05) is 10.8 Å². The average molecular weight is 971 g/mol. The number of aryl methyl sites for hydroxylation is 2. The van der Waals surface area contributed by atoms with Crippen LogP contribution in [0, 0.1) is 19.8 Å². The lowest BCUT2D eigenvalue weighted by atomic mass is 9.67. The Morgan fingerprint density at radius 1 is 0.521 bits per heavy atom. The second kappa shape index (κ2) is 20.8. The quantitative estimate of drug-likeness (QED) is 0.0653. The van der Waals surface area contributed by atoms with E-state index in [1.54, 1.807) is 24.3 Å². The van der Waals surface area contributed by atoms with Gasteiger partial charge in [0.1, 0.15) is 34.5 Å². The standard InChI is InChI=1S/C66H66O7/c1-43(46(4)72-55-31-21-49(22-32-55)64(5,6)47-17-27-53(67)28-18-47)37-39-70-61-35-25-51(41-44(61)2)66(59-15-11-9-13-57(59)58-14-10-12-16-60(58)66)52-26-36-62(45(3)42-52)71-40-38-63(69)73-56-33-23-50(24-34-56)65(7,8)48-19-29-54(68)30-20-48/h9-36,41-43,46,67-68H,37-40H2,1-8H3. The monoisotopic (exact) mass is 970 g/mol. The molecule has 0 heterocycles. The summed E-state index contributed by atoms with van der Waals surface area (Å²) < 4.78 is 25.0. The lowest BCUT2D eigenvalue weighted by Gasteiger charge is -2.34. The Hall–Kier alpha value is -7.77. The normalized spacial score (nSPS) is 13.6. The van der Waals surface area contributed by atoms with E-state index in [-0.39, 0.29) is 53.3 Å². The van der Waals surface area contributed by atoms with E-state index in [4.69, 9.17) is 18.9 Å². The third kappa shape index (κ3) is 10.2. The van der Waals surface area contributed by atoms with Gasteiger partial charge in [-0.25, -0.2) is 0 Å². The van der Waals surface area contributed by atoms with Crippen molar-refractivity contribution < 1.29 is 34.0 Å². The molecule has 8 aromatic carbocycles. The zero-order valence-electron chi connectivity index (χ0n) is 43.2. The summed E-state index contributed by atoms with van der Waals surface area (Å²) in [7, 11) is 0. The summed E-state index contributed by atoms with van der Waals surface area (Å²) in [6.45, 7) is 17.9. The summed E-state index contributed by atoms with van der Waals surface area (Å²) in [4.78, 5) is 13.0. The van der Waals surface area contributed by atoms with Crippen LogP contribution in [-0.4, -0.2) is 35.5 Å². The molecule has 0 saturated carbocycles. The van der Waals surface area contributed by atoms with Crippen molar-refractivity contribution in [3.8, 4) is 45.6 Å². The van der Waals surface area contributed by atoms with Gasteiger partial charge < -0.3 is 29.2 Å². The van der Waals surface area contributed by atoms with Crippen LogP contribution in [0.2, 0.25) is 0 Å². The van der Waals surface area contributed by atoms with Crippen molar-refractivity contribution in [2.75, 3.05) is 13.2 Å². The van der Waals surface area contributed by atoms with E-state index >= 15 is 0 Å². The molecule has 1 aliphatic carbocycles. The molecule has 7 heteroatoms. The van der Waals surface area contributed by atoms with Crippen LogP contribution in [0.5, 0.6) is 34.5 Å². The summed E-state index contributed by atoms with van der Waals surface area (Å²) in [5.74, 6) is 3.25. The highest BCUT2D eigenvalue weighted by Crippen LogP contribution is 2.56. The number of hydrogen-bond donors (Lipinski definition) is 2. The van der Waals surface area contributed by atoms with Gasteiger partial charge >= 0.3 is 5.97 Å². The van der Waals surface area contributed by atoms with Crippen LogP contribution in [-0.2, 0) is 21.0 Å². The highest BCUT2D eigenvalue weighted by Gasteiger charge is 2.46. The lowest BCUT2D eigenvalue weighted by Crippen LogP contribution is -2.29. The van der Waals surface area contributed by atoms with Gasteiger partial charge in [-0.2, -0.15) is 0 Å². The van der Waals surface area contributed by atoms with Crippen LogP contribution in [0.3, 0.4) is 0 Å². The molecule has 0 aliphatic heterocycles. The number of benzene rings is 8. The summed E-state index contributed by atoms with van der Waals surface area (Å²) in [5.41, 5.74) is 12.5. The first-order valence-electron chi connectivity index (χ1n) is 25.4. The number of ether oxygens (including phenoxy) is 4. The molecule has 8 aromatic rings. The second-order valence-corrected chi connectivity index (χ2v) is 20.7. The van der Waals surface area contributed by atoms with Gasteiger partial charge in [0.2, 0.25) is 0 Å². The van der Waals surface area contributed by atoms with E-state index in [0.29, 0.717) is 18.1 Å². The Kier molecular flexibility index (Phi) is 14.3. The molecule has 1 aliphatic rings. The molecule has 0 bridgehead atoms. The molecule has 7 nitrogen and oxygen atoms in total. The molecule has 0 spiro atoms. The third-order valence-electron chi connectivity index (χ3n) is 15.2. The van der Waals surface area contributed by atoms with Crippen LogP contribution >= 0.6 is 0 Å². The van der Waals surface area contributed by atoms with Crippen molar-refractivity contribution in [3.05, 3.63) is 238 Å². The fourth-order valence-corrected chi connectivity index (χ4v) is 10.4. The molecule has 2 N–H and O–H groups in total. The largest absolute Gasteiger partial charge is 0.508 e. The Morgan fingerprint density at radius 3 is 1.38 bits per heavy atom. The maximum absolute atomic E-state index is 13.0. The molecule has 73 heavy (non-hydrogen) atoms. The third-order valence-corrected chi connectivity index (χ3v) is 15.2. The zero-order chi connectivity index (χ0) is 51.5.